The van der Waals surface area contributed by atoms with Gasteiger partial charge in [0.15, 0.2) is 16.3 Å². The molecule has 1 atom stereocenters. The SMILES string of the molecule is C=CCOc1c(Br)cc(/C=c2/sc3n(c2=O)C(c2ccccc2)C(C(=O)OCC)=C(C)N=3)cc1OC. The first-order valence-electron chi connectivity index (χ1n) is 11.2. The van der Waals surface area contributed by atoms with Gasteiger partial charge >= 0.3 is 5.97 Å². The molecule has 2 aromatic carbocycles. The first-order valence-corrected chi connectivity index (χ1v) is 12.9. The zero-order chi connectivity index (χ0) is 25.8. The fraction of sp³-hybridized carbons (Fsp3) is 0.222. The van der Waals surface area contributed by atoms with Gasteiger partial charge in [-0.3, -0.25) is 9.36 Å². The van der Waals surface area contributed by atoms with Gasteiger partial charge in [0.05, 0.1) is 40.0 Å². The fourth-order valence-electron chi connectivity index (χ4n) is 4.00. The number of halogens is 1. The number of thiazole rings is 1. The molecule has 0 amide bonds. The number of hydrogen-bond donors (Lipinski definition) is 0. The second-order valence-electron chi connectivity index (χ2n) is 7.85. The van der Waals surface area contributed by atoms with Crippen molar-refractivity contribution in [3.63, 3.8) is 0 Å². The lowest BCUT2D eigenvalue weighted by Crippen LogP contribution is -2.39. The highest BCUT2D eigenvalue weighted by Crippen LogP contribution is 2.37. The number of esters is 1. The zero-order valence-corrected chi connectivity index (χ0v) is 22.5. The van der Waals surface area contributed by atoms with E-state index < -0.39 is 12.0 Å². The van der Waals surface area contributed by atoms with E-state index in [4.69, 9.17) is 14.2 Å². The quantitative estimate of drug-likeness (QED) is 0.301. The second kappa shape index (κ2) is 11.1. The molecule has 1 unspecified atom stereocenters. The maximum absolute atomic E-state index is 13.7. The Morgan fingerprint density at radius 1 is 1.28 bits per heavy atom. The van der Waals surface area contributed by atoms with Crippen LogP contribution in [0.15, 0.2) is 80.6 Å². The number of carbonyl (C=O) groups excluding carboxylic acids is 1. The van der Waals surface area contributed by atoms with Crippen molar-refractivity contribution in [2.24, 2.45) is 4.99 Å². The molecule has 0 radical (unpaired) electrons. The minimum Gasteiger partial charge on any atom is -0.493 e. The summed E-state index contributed by atoms with van der Waals surface area (Å²) in [6.45, 7) is 7.74. The topological polar surface area (TPSA) is 79.1 Å². The van der Waals surface area contributed by atoms with Gasteiger partial charge in [0.1, 0.15) is 6.61 Å². The van der Waals surface area contributed by atoms with E-state index in [-0.39, 0.29) is 12.2 Å². The number of fused-ring (bicyclic) bond motifs is 1. The van der Waals surface area contributed by atoms with E-state index >= 15 is 0 Å². The molecule has 4 rings (SSSR count). The van der Waals surface area contributed by atoms with Gasteiger partial charge in [0, 0.05) is 0 Å². The molecule has 1 aliphatic rings. The van der Waals surface area contributed by atoms with Crippen molar-refractivity contribution >= 4 is 39.3 Å². The summed E-state index contributed by atoms with van der Waals surface area (Å²) >= 11 is 4.79. The third kappa shape index (κ3) is 4.94. The average molecular weight is 569 g/mol. The molecule has 1 aromatic heterocycles. The van der Waals surface area contributed by atoms with E-state index in [1.807, 2.05) is 36.4 Å². The molecule has 2 heterocycles. The molecular weight excluding hydrogens is 544 g/mol. The van der Waals surface area contributed by atoms with Crippen LogP contribution in [0.3, 0.4) is 0 Å². The highest BCUT2D eigenvalue weighted by molar-refractivity contribution is 9.10. The van der Waals surface area contributed by atoms with Gasteiger partial charge in [-0.1, -0.05) is 54.3 Å². The number of benzene rings is 2. The summed E-state index contributed by atoms with van der Waals surface area (Å²) in [6.07, 6.45) is 3.43. The monoisotopic (exact) mass is 568 g/mol. The van der Waals surface area contributed by atoms with E-state index in [1.165, 1.54) is 11.3 Å². The molecule has 0 N–H and O–H groups in total. The van der Waals surface area contributed by atoms with Crippen LogP contribution in [0, 0.1) is 0 Å². The van der Waals surface area contributed by atoms with Crippen molar-refractivity contribution in [3.8, 4) is 11.5 Å². The molecule has 1 aliphatic heterocycles. The van der Waals surface area contributed by atoms with Gasteiger partial charge < -0.3 is 14.2 Å². The summed E-state index contributed by atoms with van der Waals surface area (Å²) in [4.78, 5) is 31.8. The van der Waals surface area contributed by atoms with Gasteiger partial charge in [0.2, 0.25) is 0 Å². The van der Waals surface area contributed by atoms with Crippen molar-refractivity contribution in [1.82, 2.24) is 4.57 Å². The second-order valence-corrected chi connectivity index (χ2v) is 9.71. The Hall–Kier alpha value is -3.43. The standard InChI is InChI=1S/C27H25BrN2O5S/c1-5-12-35-24-19(28)13-17(14-20(24)33-4)15-21-25(31)30-23(18-10-8-7-9-11-18)22(26(32)34-6-2)16(3)29-27(30)36-21/h5,7-11,13-15,23H,1,6,12H2,2-4H3/b21-15+. The van der Waals surface area contributed by atoms with Gasteiger partial charge in [-0.25, -0.2) is 9.79 Å². The number of allylic oxidation sites excluding steroid dienone is 1. The van der Waals surface area contributed by atoms with Crippen molar-refractivity contribution in [3.05, 3.63) is 102 Å². The molecule has 0 bridgehead atoms. The number of ether oxygens (including phenoxy) is 3. The fourth-order valence-corrected chi connectivity index (χ4v) is 5.62. The highest BCUT2D eigenvalue weighted by Gasteiger charge is 2.33. The van der Waals surface area contributed by atoms with Crippen LogP contribution < -0.4 is 24.4 Å². The first-order chi connectivity index (χ1) is 17.4. The lowest BCUT2D eigenvalue weighted by Gasteiger charge is -2.24. The summed E-state index contributed by atoms with van der Waals surface area (Å²) in [5.41, 5.74) is 2.19. The Balaban J connectivity index is 1.89. The van der Waals surface area contributed by atoms with E-state index in [1.54, 1.807) is 43.7 Å². The number of aromatic nitrogens is 1. The van der Waals surface area contributed by atoms with Crippen LogP contribution in [0.4, 0.5) is 0 Å². The lowest BCUT2D eigenvalue weighted by atomic mass is 9.96. The Labute approximate surface area is 220 Å². The van der Waals surface area contributed by atoms with Crippen molar-refractivity contribution in [1.29, 1.82) is 0 Å². The summed E-state index contributed by atoms with van der Waals surface area (Å²) in [7, 11) is 1.56. The Morgan fingerprint density at radius 3 is 2.69 bits per heavy atom. The zero-order valence-electron chi connectivity index (χ0n) is 20.1. The smallest absolute Gasteiger partial charge is 0.338 e. The van der Waals surface area contributed by atoms with Crippen molar-refractivity contribution in [2.75, 3.05) is 20.3 Å². The molecule has 0 saturated heterocycles. The number of rotatable bonds is 8. The van der Waals surface area contributed by atoms with Crippen LogP contribution in [0.25, 0.3) is 6.08 Å². The third-order valence-electron chi connectivity index (χ3n) is 5.53. The molecule has 0 fully saturated rings. The Bertz CT molecular complexity index is 1520. The molecule has 0 saturated carbocycles. The van der Waals surface area contributed by atoms with Crippen LogP contribution in [-0.4, -0.2) is 30.9 Å². The van der Waals surface area contributed by atoms with Crippen LogP contribution in [0.5, 0.6) is 11.5 Å². The highest BCUT2D eigenvalue weighted by atomic mass is 79.9. The maximum atomic E-state index is 13.7. The van der Waals surface area contributed by atoms with Crippen LogP contribution in [0.2, 0.25) is 0 Å². The summed E-state index contributed by atoms with van der Waals surface area (Å²) in [5.74, 6) is 0.591. The molecule has 3 aromatic rings. The molecule has 36 heavy (non-hydrogen) atoms. The maximum Gasteiger partial charge on any atom is 0.338 e. The predicted molar refractivity (Wildman–Crippen MR) is 143 cm³/mol. The van der Waals surface area contributed by atoms with E-state index in [0.717, 1.165) is 11.1 Å². The van der Waals surface area contributed by atoms with Gasteiger partial charge in [-0.05, 0) is 59.1 Å². The Kier molecular flexibility index (Phi) is 7.91. The van der Waals surface area contributed by atoms with E-state index in [2.05, 4.69) is 27.5 Å². The first kappa shape index (κ1) is 25.7. The summed E-state index contributed by atoms with van der Waals surface area (Å²) in [6, 6.07) is 12.4. The van der Waals surface area contributed by atoms with E-state index in [0.29, 0.717) is 43.2 Å². The number of hydrogen-bond acceptors (Lipinski definition) is 7. The minimum atomic E-state index is -0.639. The summed E-state index contributed by atoms with van der Waals surface area (Å²) < 4.78 is 19.3. The largest absolute Gasteiger partial charge is 0.493 e. The number of nitrogens with zero attached hydrogens (tertiary/aromatic N) is 2. The lowest BCUT2D eigenvalue weighted by molar-refractivity contribution is -0.139. The van der Waals surface area contributed by atoms with Gasteiger partial charge in [-0.15, -0.1) is 0 Å². The van der Waals surface area contributed by atoms with Crippen molar-refractivity contribution < 1.29 is 19.0 Å². The number of methoxy groups -OCH3 is 1. The summed E-state index contributed by atoms with van der Waals surface area (Å²) in [5, 5.41) is 0. The van der Waals surface area contributed by atoms with Gasteiger partial charge in [-0.2, -0.15) is 0 Å². The average Bonchev–Trinajstić information content (AvgIpc) is 3.17. The van der Waals surface area contributed by atoms with Crippen LogP contribution in [0.1, 0.15) is 31.0 Å². The predicted octanol–water partition coefficient (Wildman–Crippen LogP) is 4.13. The Morgan fingerprint density at radius 2 is 2.03 bits per heavy atom. The van der Waals surface area contributed by atoms with Crippen LogP contribution in [-0.2, 0) is 9.53 Å². The van der Waals surface area contributed by atoms with Crippen LogP contribution >= 0.6 is 27.3 Å². The molecule has 186 valence electrons. The van der Waals surface area contributed by atoms with Gasteiger partial charge in [0.25, 0.3) is 5.56 Å². The van der Waals surface area contributed by atoms with Crippen molar-refractivity contribution in [2.45, 2.75) is 19.9 Å². The number of carbonyl (C=O) groups is 1. The molecule has 0 spiro atoms. The minimum absolute atomic E-state index is 0.227. The third-order valence-corrected chi connectivity index (χ3v) is 7.10. The molecule has 7 nitrogen and oxygen atoms in total. The molecule has 9 heteroatoms. The molecular formula is C27H25BrN2O5S. The normalized spacial score (nSPS) is 15.2. The van der Waals surface area contributed by atoms with E-state index in [9.17, 15) is 9.59 Å². The molecule has 0 aliphatic carbocycles.